The molecule has 1 saturated heterocycles. The highest BCUT2D eigenvalue weighted by atomic mass is 16.3. The lowest BCUT2D eigenvalue weighted by atomic mass is 9.62. The Kier molecular flexibility index (Phi) is 3.36. The van der Waals surface area contributed by atoms with Crippen molar-refractivity contribution in [3.8, 4) is 0 Å². The molecule has 2 fully saturated rings. The summed E-state index contributed by atoms with van der Waals surface area (Å²) in [6, 6.07) is 8.34. The number of hydrogen-bond donors (Lipinski definition) is 1. The SMILES string of the molecule is Cc1cccc(C2(C(=O)N3CC(O)(C(C)C)C3)CCC2)c1. The van der Waals surface area contributed by atoms with E-state index in [0.29, 0.717) is 13.1 Å². The van der Waals surface area contributed by atoms with Gasteiger partial charge in [-0.25, -0.2) is 0 Å². The molecule has 114 valence electrons. The average molecular weight is 287 g/mol. The van der Waals surface area contributed by atoms with Gasteiger partial charge in [0.1, 0.15) is 5.60 Å². The van der Waals surface area contributed by atoms with Crippen LogP contribution in [-0.2, 0) is 10.2 Å². The highest BCUT2D eigenvalue weighted by molar-refractivity contribution is 5.90. The number of rotatable bonds is 3. The van der Waals surface area contributed by atoms with E-state index >= 15 is 0 Å². The van der Waals surface area contributed by atoms with Crippen LogP contribution >= 0.6 is 0 Å². The fraction of sp³-hybridized carbons (Fsp3) is 0.611. The molecule has 3 rings (SSSR count). The maximum atomic E-state index is 13.0. The fourth-order valence-corrected chi connectivity index (χ4v) is 3.53. The lowest BCUT2D eigenvalue weighted by molar-refractivity contribution is -0.172. The molecule has 0 atom stereocenters. The van der Waals surface area contributed by atoms with Gasteiger partial charge in [0.2, 0.25) is 5.91 Å². The summed E-state index contributed by atoms with van der Waals surface area (Å²) in [6.07, 6.45) is 2.99. The third kappa shape index (κ3) is 2.18. The smallest absolute Gasteiger partial charge is 0.233 e. The second-order valence-electron chi connectivity index (χ2n) is 7.22. The highest BCUT2D eigenvalue weighted by Gasteiger charge is 2.54. The Bertz CT molecular complexity index is 554. The normalized spacial score (nSPS) is 22.6. The molecule has 1 aliphatic carbocycles. The molecule has 0 unspecified atom stereocenters. The summed E-state index contributed by atoms with van der Waals surface area (Å²) in [7, 11) is 0. The second kappa shape index (κ2) is 4.84. The van der Waals surface area contributed by atoms with Gasteiger partial charge in [-0.1, -0.05) is 50.1 Å². The number of hydrogen-bond acceptors (Lipinski definition) is 2. The second-order valence-corrected chi connectivity index (χ2v) is 7.22. The summed E-state index contributed by atoms with van der Waals surface area (Å²) < 4.78 is 0. The van der Waals surface area contributed by atoms with E-state index in [1.54, 1.807) is 0 Å². The number of β-amino-alcohol motifs (C(OH)–C–C–N with tert-alkyl or cyclic N) is 1. The van der Waals surface area contributed by atoms with Crippen molar-refractivity contribution in [3.63, 3.8) is 0 Å². The molecule has 1 saturated carbocycles. The number of nitrogens with zero attached hydrogens (tertiary/aromatic N) is 1. The number of carbonyl (C=O) groups excluding carboxylic acids is 1. The first kappa shape index (κ1) is 14.6. The van der Waals surface area contributed by atoms with E-state index in [-0.39, 0.29) is 17.2 Å². The van der Waals surface area contributed by atoms with E-state index in [1.165, 1.54) is 5.56 Å². The highest BCUT2D eigenvalue weighted by Crippen LogP contribution is 2.47. The molecule has 1 N–H and O–H groups in total. The van der Waals surface area contributed by atoms with Crippen LogP contribution in [0.3, 0.4) is 0 Å². The predicted molar refractivity (Wildman–Crippen MR) is 83.1 cm³/mol. The van der Waals surface area contributed by atoms with Gasteiger partial charge in [-0.2, -0.15) is 0 Å². The molecule has 3 heteroatoms. The molecule has 2 aliphatic rings. The van der Waals surface area contributed by atoms with Gasteiger partial charge in [0.25, 0.3) is 0 Å². The van der Waals surface area contributed by atoms with Crippen LogP contribution in [0, 0.1) is 12.8 Å². The van der Waals surface area contributed by atoms with Crippen LogP contribution in [0.25, 0.3) is 0 Å². The number of carbonyl (C=O) groups is 1. The Labute approximate surface area is 127 Å². The maximum absolute atomic E-state index is 13.0. The molecule has 0 spiro atoms. The van der Waals surface area contributed by atoms with Gasteiger partial charge in [-0.05, 0) is 31.2 Å². The Balaban J connectivity index is 1.80. The molecule has 1 heterocycles. The minimum absolute atomic E-state index is 0.192. The summed E-state index contributed by atoms with van der Waals surface area (Å²) >= 11 is 0. The number of likely N-dealkylation sites (tertiary alicyclic amines) is 1. The summed E-state index contributed by atoms with van der Waals surface area (Å²) in [5.74, 6) is 0.405. The zero-order valence-corrected chi connectivity index (χ0v) is 13.2. The molecular weight excluding hydrogens is 262 g/mol. The van der Waals surface area contributed by atoms with Crippen molar-refractivity contribution in [2.45, 2.75) is 51.0 Å². The van der Waals surface area contributed by atoms with E-state index < -0.39 is 5.60 Å². The van der Waals surface area contributed by atoms with E-state index in [1.807, 2.05) is 24.8 Å². The van der Waals surface area contributed by atoms with Crippen molar-refractivity contribution in [1.82, 2.24) is 4.90 Å². The first-order valence-electron chi connectivity index (χ1n) is 7.96. The molecule has 1 aromatic rings. The van der Waals surface area contributed by atoms with E-state index in [9.17, 15) is 9.90 Å². The number of amides is 1. The van der Waals surface area contributed by atoms with Gasteiger partial charge in [-0.15, -0.1) is 0 Å². The molecule has 21 heavy (non-hydrogen) atoms. The van der Waals surface area contributed by atoms with Crippen LogP contribution in [0.15, 0.2) is 24.3 Å². The van der Waals surface area contributed by atoms with Gasteiger partial charge in [0, 0.05) is 0 Å². The van der Waals surface area contributed by atoms with Gasteiger partial charge < -0.3 is 10.0 Å². The Morgan fingerprint density at radius 3 is 2.43 bits per heavy atom. The van der Waals surface area contributed by atoms with Crippen LogP contribution in [0.1, 0.15) is 44.2 Å². The monoisotopic (exact) mass is 287 g/mol. The lowest BCUT2D eigenvalue weighted by Crippen LogP contribution is -2.69. The van der Waals surface area contributed by atoms with Crippen molar-refractivity contribution in [2.75, 3.05) is 13.1 Å². The van der Waals surface area contributed by atoms with Crippen LogP contribution < -0.4 is 0 Å². The minimum Gasteiger partial charge on any atom is -0.386 e. The van der Waals surface area contributed by atoms with Gasteiger partial charge in [0.15, 0.2) is 0 Å². The molecule has 3 nitrogen and oxygen atoms in total. The standard InChI is InChI=1S/C18H25NO2/c1-13(2)18(21)11-19(12-18)16(20)17(8-5-9-17)15-7-4-6-14(3)10-15/h4,6-7,10,13,21H,5,8-9,11-12H2,1-3H3. The van der Waals surface area contributed by atoms with Crippen LogP contribution in [-0.4, -0.2) is 34.6 Å². The van der Waals surface area contributed by atoms with Gasteiger partial charge >= 0.3 is 0 Å². The number of benzene rings is 1. The van der Waals surface area contributed by atoms with E-state index in [0.717, 1.165) is 24.8 Å². The quantitative estimate of drug-likeness (QED) is 0.928. The largest absolute Gasteiger partial charge is 0.386 e. The fourth-order valence-electron chi connectivity index (χ4n) is 3.53. The van der Waals surface area contributed by atoms with Crippen LogP contribution in [0.2, 0.25) is 0 Å². The first-order chi connectivity index (χ1) is 9.87. The number of aryl methyl sites for hydroxylation is 1. The van der Waals surface area contributed by atoms with Crippen LogP contribution in [0.5, 0.6) is 0 Å². The third-order valence-corrected chi connectivity index (χ3v) is 5.48. The molecule has 1 aromatic carbocycles. The Morgan fingerprint density at radius 1 is 1.29 bits per heavy atom. The van der Waals surface area contributed by atoms with Gasteiger partial charge in [-0.3, -0.25) is 4.79 Å². The molecule has 0 bridgehead atoms. The third-order valence-electron chi connectivity index (χ3n) is 5.48. The molecular formula is C18H25NO2. The average Bonchev–Trinajstić information content (AvgIpc) is 2.33. The number of aliphatic hydroxyl groups is 1. The zero-order valence-electron chi connectivity index (χ0n) is 13.2. The van der Waals surface area contributed by atoms with Crippen LogP contribution in [0.4, 0.5) is 0 Å². The molecule has 1 amide bonds. The van der Waals surface area contributed by atoms with Crippen molar-refractivity contribution >= 4 is 5.91 Å². The first-order valence-corrected chi connectivity index (χ1v) is 7.96. The molecule has 1 aliphatic heterocycles. The summed E-state index contributed by atoms with van der Waals surface area (Å²) in [4.78, 5) is 14.8. The van der Waals surface area contributed by atoms with Gasteiger partial charge in [0.05, 0.1) is 18.5 Å². The van der Waals surface area contributed by atoms with Crippen molar-refractivity contribution in [3.05, 3.63) is 35.4 Å². The maximum Gasteiger partial charge on any atom is 0.233 e. The topological polar surface area (TPSA) is 40.5 Å². The minimum atomic E-state index is -0.687. The molecule has 0 radical (unpaired) electrons. The van der Waals surface area contributed by atoms with E-state index in [4.69, 9.17) is 0 Å². The van der Waals surface area contributed by atoms with E-state index in [2.05, 4.69) is 25.1 Å². The lowest BCUT2D eigenvalue weighted by Gasteiger charge is -2.54. The Morgan fingerprint density at radius 2 is 1.95 bits per heavy atom. The van der Waals surface area contributed by atoms with Crippen molar-refractivity contribution < 1.29 is 9.90 Å². The molecule has 0 aromatic heterocycles. The Hall–Kier alpha value is -1.35. The summed E-state index contributed by atoms with van der Waals surface area (Å²) in [5, 5.41) is 10.4. The van der Waals surface area contributed by atoms with Crippen molar-refractivity contribution in [1.29, 1.82) is 0 Å². The summed E-state index contributed by atoms with van der Waals surface area (Å²) in [5.41, 5.74) is 1.34. The predicted octanol–water partition coefficient (Wildman–Crippen LogP) is 2.65. The zero-order chi connectivity index (χ0) is 15.3. The summed E-state index contributed by atoms with van der Waals surface area (Å²) in [6.45, 7) is 7.07. The van der Waals surface area contributed by atoms with Crippen molar-refractivity contribution in [2.24, 2.45) is 5.92 Å².